The summed E-state index contributed by atoms with van der Waals surface area (Å²) in [7, 11) is -2.70. The zero-order valence-corrected chi connectivity index (χ0v) is 16.3. The first-order chi connectivity index (χ1) is 12.8. The second-order valence-electron chi connectivity index (χ2n) is 6.02. The van der Waals surface area contributed by atoms with Crippen molar-refractivity contribution in [2.75, 3.05) is 18.0 Å². The summed E-state index contributed by atoms with van der Waals surface area (Å²) in [4.78, 5) is 12.3. The van der Waals surface area contributed by atoms with Crippen molar-refractivity contribution in [3.05, 3.63) is 54.3 Å². The number of benzene rings is 2. The number of para-hydroxylation sites is 1. The highest BCUT2D eigenvalue weighted by Crippen LogP contribution is 2.27. The van der Waals surface area contributed by atoms with Crippen LogP contribution in [0.1, 0.15) is 20.3 Å². The Morgan fingerprint density at radius 1 is 1.19 bits per heavy atom. The van der Waals surface area contributed by atoms with E-state index in [2.05, 4.69) is 5.32 Å². The fourth-order valence-corrected chi connectivity index (χ4v) is 3.81. The molecule has 2 rings (SSSR count). The number of methoxy groups -OCH3 is 1. The molecule has 1 amide bonds. The van der Waals surface area contributed by atoms with Gasteiger partial charge in [0, 0.05) is 6.04 Å². The van der Waals surface area contributed by atoms with Gasteiger partial charge in [-0.3, -0.25) is 9.10 Å². The zero-order chi connectivity index (χ0) is 20.0. The van der Waals surface area contributed by atoms with Crippen molar-refractivity contribution in [1.82, 2.24) is 5.32 Å². The molecule has 1 N–H and O–H groups in total. The summed E-state index contributed by atoms with van der Waals surface area (Å²) in [5, 5.41) is 2.70. The first kappa shape index (κ1) is 20.7. The maximum Gasteiger partial charge on any atom is 0.264 e. The molecule has 2 aromatic carbocycles. The fraction of sp³-hybridized carbons (Fsp3) is 0.316. The molecule has 0 radical (unpaired) electrons. The summed E-state index contributed by atoms with van der Waals surface area (Å²) in [6.07, 6.45) is 0.691. The third kappa shape index (κ3) is 4.97. The van der Waals surface area contributed by atoms with Gasteiger partial charge in [-0.15, -0.1) is 0 Å². The quantitative estimate of drug-likeness (QED) is 0.747. The van der Waals surface area contributed by atoms with Gasteiger partial charge in [-0.2, -0.15) is 0 Å². The second kappa shape index (κ2) is 8.85. The highest BCUT2D eigenvalue weighted by atomic mass is 32.2. The van der Waals surface area contributed by atoms with E-state index in [-0.39, 0.29) is 16.6 Å². The summed E-state index contributed by atoms with van der Waals surface area (Å²) < 4.78 is 46.4. The van der Waals surface area contributed by atoms with Gasteiger partial charge in [-0.1, -0.05) is 19.1 Å². The number of nitrogens with zero attached hydrogens (tertiary/aromatic N) is 1. The van der Waals surface area contributed by atoms with Gasteiger partial charge in [0.1, 0.15) is 18.1 Å². The Hall–Kier alpha value is -2.61. The van der Waals surface area contributed by atoms with Gasteiger partial charge in [-0.25, -0.2) is 12.8 Å². The van der Waals surface area contributed by atoms with Gasteiger partial charge < -0.3 is 10.1 Å². The lowest BCUT2D eigenvalue weighted by Crippen LogP contribution is -2.43. The van der Waals surface area contributed by atoms with Crippen LogP contribution in [0.5, 0.6) is 5.75 Å². The van der Waals surface area contributed by atoms with Crippen molar-refractivity contribution in [1.29, 1.82) is 0 Å². The molecule has 0 bridgehead atoms. The van der Waals surface area contributed by atoms with E-state index in [0.717, 1.165) is 10.4 Å². The van der Waals surface area contributed by atoms with Gasteiger partial charge in [0.15, 0.2) is 0 Å². The SMILES string of the molecule is CCC(C)NC(=O)CN(c1ccccc1F)S(=O)(=O)c1ccc(OC)cc1. The average molecular weight is 394 g/mol. The van der Waals surface area contributed by atoms with Crippen molar-refractivity contribution in [2.24, 2.45) is 0 Å². The Bertz CT molecular complexity index is 885. The van der Waals surface area contributed by atoms with Crippen LogP contribution in [0.3, 0.4) is 0 Å². The van der Waals surface area contributed by atoms with Crippen molar-refractivity contribution >= 4 is 21.6 Å². The highest BCUT2D eigenvalue weighted by molar-refractivity contribution is 7.92. The summed E-state index contributed by atoms with van der Waals surface area (Å²) in [6.45, 7) is 3.18. The molecule has 2 aromatic rings. The molecular weight excluding hydrogens is 371 g/mol. The molecule has 0 saturated heterocycles. The number of halogens is 1. The van der Waals surface area contributed by atoms with E-state index >= 15 is 0 Å². The topological polar surface area (TPSA) is 75.7 Å². The lowest BCUT2D eigenvalue weighted by atomic mass is 10.2. The number of amides is 1. The number of carbonyl (C=O) groups is 1. The van der Waals surface area contributed by atoms with Gasteiger partial charge in [0.05, 0.1) is 17.7 Å². The van der Waals surface area contributed by atoms with Crippen LogP contribution in [0.2, 0.25) is 0 Å². The van der Waals surface area contributed by atoms with Crippen molar-refractivity contribution in [2.45, 2.75) is 31.2 Å². The Balaban J connectivity index is 2.44. The number of anilines is 1. The lowest BCUT2D eigenvalue weighted by Gasteiger charge is -2.25. The molecule has 146 valence electrons. The number of hydrogen-bond acceptors (Lipinski definition) is 4. The summed E-state index contributed by atoms with van der Waals surface area (Å²) in [5.74, 6) is -0.753. The predicted molar refractivity (Wildman–Crippen MR) is 102 cm³/mol. The maximum absolute atomic E-state index is 14.3. The van der Waals surface area contributed by atoms with Gasteiger partial charge in [0.2, 0.25) is 5.91 Å². The smallest absolute Gasteiger partial charge is 0.264 e. The van der Waals surface area contributed by atoms with Crippen LogP contribution >= 0.6 is 0 Å². The minimum Gasteiger partial charge on any atom is -0.497 e. The van der Waals surface area contributed by atoms with Gasteiger partial charge in [0.25, 0.3) is 10.0 Å². The van der Waals surface area contributed by atoms with E-state index in [1.807, 2.05) is 13.8 Å². The third-order valence-electron chi connectivity index (χ3n) is 4.08. The number of sulfonamides is 1. The molecule has 6 nitrogen and oxygen atoms in total. The standard InChI is InChI=1S/C19H23FN2O4S/c1-4-14(2)21-19(23)13-22(18-8-6-5-7-17(18)20)27(24,25)16-11-9-15(26-3)10-12-16/h5-12,14H,4,13H2,1-3H3,(H,21,23). The Kier molecular flexibility index (Phi) is 6.79. The Labute approximate surface area is 159 Å². The molecule has 1 atom stereocenters. The van der Waals surface area contributed by atoms with Crippen molar-refractivity contribution < 1.29 is 22.3 Å². The minimum absolute atomic E-state index is 0.0668. The average Bonchev–Trinajstić information content (AvgIpc) is 2.66. The Morgan fingerprint density at radius 2 is 1.81 bits per heavy atom. The molecule has 0 aromatic heterocycles. The minimum atomic E-state index is -4.16. The highest BCUT2D eigenvalue weighted by Gasteiger charge is 2.29. The van der Waals surface area contributed by atoms with Crippen LogP contribution in [0.15, 0.2) is 53.4 Å². The molecular formula is C19H23FN2O4S. The third-order valence-corrected chi connectivity index (χ3v) is 5.85. The van der Waals surface area contributed by atoms with Gasteiger partial charge >= 0.3 is 0 Å². The monoisotopic (exact) mass is 394 g/mol. The van der Waals surface area contributed by atoms with E-state index in [0.29, 0.717) is 12.2 Å². The molecule has 0 fully saturated rings. The summed E-state index contributed by atoms with van der Waals surface area (Å²) in [5.41, 5.74) is -0.187. The maximum atomic E-state index is 14.3. The van der Waals surface area contributed by atoms with Crippen LogP contribution in [-0.2, 0) is 14.8 Å². The molecule has 8 heteroatoms. The molecule has 0 aliphatic rings. The summed E-state index contributed by atoms with van der Waals surface area (Å²) >= 11 is 0. The van der Waals surface area contributed by atoms with E-state index in [9.17, 15) is 17.6 Å². The second-order valence-corrected chi connectivity index (χ2v) is 7.88. The zero-order valence-electron chi connectivity index (χ0n) is 15.5. The molecule has 0 spiro atoms. The first-order valence-electron chi connectivity index (χ1n) is 8.50. The van der Waals surface area contributed by atoms with Crippen LogP contribution in [0, 0.1) is 5.82 Å². The molecule has 1 unspecified atom stereocenters. The van der Waals surface area contributed by atoms with Crippen LogP contribution < -0.4 is 14.4 Å². The predicted octanol–water partition coefficient (Wildman–Crippen LogP) is 2.94. The van der Waals surface area contributed by atoms with E-state index in [1.165, 1.54) is 49.6 Å². The number of rotatable bonds is 8. The first-order valence-corrected chi connectivity index (χ1v) is 9.94. The molecule has 0 heterocycles. The number of ether oxygens (including phenoxy) is 1. The van der Waals surface area contributed by atoms with Gasteiger partial charge in [-0.05, 0) is 49.7 Å². The number of hydrogen-bond donors (Lipinski definition) is 1. The number of carbonyl (C=O) groups excluding carboxylic acids is 1. The van der Waals surface area contributed by atoms with E-state index < -0.39 is 28.3 Å². The lowest BCUT2D eigenvalue weighted by molar-refractivity contribution is -0.120. The fourth-order valence-electron chi connectivity index (χ4n) is 2.38. The Morgan fingerprint density at radius 3 is 2.37 bits per heavy atom. The number of nitrogens with one attached hydrogen (secondary N) is 1. The summed E-state index contributed by atoms with van der Waals surface area (Å²) in [6, 6.07) is 11.0. The van der Waals surface area contributed by atoms with E-state index in [4.69, 9.17) is 4.74 Å². The molecule has 0 aliphatic carbocycles. The largest absolute Gasteiger partial charge is 0.497 e. The van der Waals surface area contributed by atoms with Crippen molar-refractivity contribution in [3.63, 3.8) is 0 Å². The van der Waals surface area contributed by atoms with Crippen LogP contribution in [0.4, 0.5) is 10.1 Å². The molecule has 0 saturated carbocycles. The molecule has 0 aliphatic heterocycles. The van der Waals surface area contributed by atoms with Crippen LogP contribution in [0.25, 0.3) is 0 Å². The molecule has 27 heavy (non-hydrogen) atoms. The van der Waals surface area contributed by atoms with Crippen LogP contribution in [-0.4, -0.2) is 34.0 Å². The van der Waals surface area contributed by atoms with E-state index in [1.54, 1.807) is 0 Å². The normalized spacial score (nSPS) is 12.3. The van der Waals surface area contributed by atoms with Crippen molar-refractivity contribution in [3.8, 4) is 5.75 Å².